The van der Waals surface area contributed by atoms with Crippen molar-refractivity contribution in [1.29, 1.82) is 0 Å². The van der Waals surface area contributed by atoms with Crippen LogP contribution in [0, 0.1) is 6.92 Å². The molecule has 24 heavy (non-hydrogen) atoms. The summed E-state index contributed by atoms with van der Waals surface area (Å²) in [6.07, 6.45) is 5.14. The summed E-state index contributed by atoms with van der Waals surface area (Å²) in [7, 11) is 0. The van der Waals surface area contributed by atoms with E-state index in [1.807, 2.05) is 43.3 Å². The first kappa shape index (κ1) is 16.0. The average Bonchev–Trinajstić information content (AvgIpc) is 3.01. The SMILES string of the molecule is Cc1oc(-c2ccccc2)nc1COc1ccc(/C=C/CO)cn1. The Kier molecular flexibility index (Phi) is 5.03. The van der Waals surface area contributed by atoms with E-state index in [-0.39, 0.29) is 6.61 Å². The Balaban J connectivity index is 1.66. The van der Waals surface area contributed by atoms with Crippen LogP contribution in [0.2, 0.25) is 0 Å². The van der Waals surface area contributed by atoms with Crippen LogP contribution in [-0.2, 0) is 6.61 Å². The Morgan fingerprint density at radius 2 is 2.00 bits per heavy atom. The maximum atomic E-state index is 8.76. The van der Waals surface area contributed by atoms with Gasteiger partial charge in [-0.15, -0.1) is 0 Å². The summed E-state index contributed by atoms with van der Waals surface area (Å²) in [5.74, 6) is 1.83. The first-order valence-electron chi connectivity index (χ1n) is 7.64. The number of aliphatic hydroxyl groups is 1. The van der Waals surface area contributed by atoms with E-state index in [9.17, 15) is 0 Å². The molecule has 5 nitrogen and oxygen atoms in total. The predicted molar refractivity (Wildman–Crippen MR) is 91.4 cm³/mol. The summed E-state index contributed by atoms with van der Waals surface area (Å²) in [5.41, 5.74) is 2.59. The zero-order valence-corrected chi connectivity index (χ0v) is 13.3. The van der Waals surface area contributed by atoms with Gasteiger partial charge in [0.1, 0.15) is 18.1 Å². The number of benzene rings is 1. The molecule has 2 heterocycles. The molecule has 0 bridgehead atoms. The lowest BCUT2D eigenvalue weighted by molar-refractivity contribution is 0.287. The number of oxazole rings is 1. The fourth-order valence-corrected chi connectivity index (χ4v) is 2.17. The number of aromatic nitrogens is 2. The summed E-state index contributed by atoms with van der Waals surface area (Å²) in [6.45, 7) is 2.17. The molecule has 0 aliphatic rings. The number of ether oxygens (including phenoxy) is 1. The van der Waals surface area contributed by atoms with Crippen molar-refractivity contribution in [2.45, 2.75) is 13.5 Å². The number of hydrogen-bond donors (Lipinski definition) is 1. The van der Waals surface area contributed by atoms with Crippen LogP contribution in [0.5, 0.6) is 5.88 Å². The van der Waals surface area contributed by atoms with Crippen molar-refractivity contribution in [3.8, 4) is 17.3 Å². The van der Waals surface area contributed by atoms with E-state index in [0.717, 1.165) is 22.6 Å². The molecule has 2 aromatic heterocycles. The van der Waals surface area contributed by atoms with Crippen LogP contribution in [0.25, 0.3) is 17.5 Å². The largest absolute Gasteiger partial charge is 0.471 e. The van der Waals surface area contributed by atoms with Gasteiger partial charge < -0.3 is 14.3 Å². The standard InChI is InChI=1S/C19H18N2O3/c1-14-17(21-19(24-14)16-7-3-2-4-8-16)13-23-18-10-9-15(12-20-18)6-5-11-22/h2-10,12,22H,11,13H2,1H3/b6-5+. The zero-order chi connectivity index (χ0) is 16.8. The molecule has 0 saturated heterocycles. The summed E-state index contributed by atoms with van der Waals surface area (Å²) in [5, 5.41) is 8.76. The lowest BCUT2D eigenvalue weighted by Gasteiger charge is -2.03. The van der Waals surface area contributed by atoms with Gasteiger partial charge in [0.2, 0.25) is 11.8 Å². The van der Waals surface area contributed by atoms with Crippen molar-refractivity contribution < 1.29 is 14.3 Å². The van der Waals surface area contributed by atoms with Crippen LogP contribution in [-0.4, -0.2) is 21.7 Å². The molecule has 0 aliphatic heterocycles. The van der Waals surface area contributed by atoms with Gasteiger partial charge in [0.25, 0.3) is 0 Å². The monoisotopic (exact) mass is 322 g/mol. The van der Waals surface area contributed by atoms with Crippen LogP contribution in [0.1, 0.15) is 17.0 Å². The molecular weight excluding hydrogens is 304 g/mol. The van der Waals surface area contributed by atoms with Crippen LogP contribution >= 0.6 is 0 Å². The van der Waals surface area contributed by atoms with E-state index < -0.39 is 0 Å². The smallest absolute Gasteiger partial charge is 0.226 e. The third-order valence-corrected chi connectivity index (χ3v) is 3.45. The number of aliphatic hydroxyl groups excluding tert-OH is 1. The molecule has 0 unspecified atom stereocenters. The summed E-state index contributed by atoms with van der Waals surface area (Å²) in [6, 6.07) is 13.4. The van der Waals surface area contributed by atoms with Crippen LogP contribution < -0.4 is 4.74 Å². The van der Waals surface area contributed by atoms with Gasteiger partial charge in [0.05, 0.1) is 6.61 Å². The Morgan fingerprint density at radius 1 is 1.17 bits per heavy atom. The fraction of sp³-hybridized carbons (Fsp3) is 0.158. The maximum absolute atomic E-state index is 8.76. The number of rotatable bonds is 6. The highest BCUT2D eigenvalue weighted by molar-refractivity contribution is 5.53. The van der Waals surface area contributed by atoms with E-state index in [1.54, 1.807) is 24.4 Å². The first-order valence-corrected chi connectivity index (χ1v) is 7.64. The lowest BCUT2D eigenvalue weighted by atomic mass is 10.2. The Hall–Kier alpha value is -2.92. The van der Waals surface area contributed by atoms with E-state index in [0.29, 0.717) is 18.4 Å². The number of nitrogens with zero attached hydrogens (tertiary/aromatic N) is 2. The molecule has 1 aromatic carbocycles. The predicted octanol–water partition coefficient (Wildman–Crippen LogP) is 3.63. The van der Waals surface area contributed by atoms with E-state index in [4.69, 9.17) is 14.3 Å². The van der Waals surface area contributed by atoms with Gasteiger partial charge in [-0.3, -0.25) is 0 Å². The molecule has 122 valence electrons. The third-order valence-electron chi connectivity index (χ3n) is 3.45. The van der Waals surface area contributed by atoms with E-state index in [2.05, 4.69) is 9.97 Å². The molecule has 0 aliphatic carbocycles. The highest BCUT2D eigenvalue weighted by atomic mass is 16.5. The molecule has 0 amide bonds. The Bertz CT molecular complexity index is 808. The second-order valence-corrected chi connectivity index (χ2v) is 5.19. The van der Waals surface area contributed by atoms with Gasteiger partial charge in [-0.25, -0.2) is 9.97 Å². The molecule has 5 heteroatoms. The van der Waals surface area contributed by atoms with Crippen LogP contribution in [0.15, 0.2) is 59.2 Å². The van der Waals surface area contributed by atoms with Crippen molar-refractivity contribution in [3.63, 3.8) is 0 Å². The highest BCUT2D eigenvalue weighted by Crippen LogP contribution is 2.22. The van der Waals surface area contributed by atoms with Crippen molar-refractivity contribution in [2.24, 2.45) is 0 Å². The van der Waals surface area contributed by atoms with E-state index >= 15 is 0 Å². The fourth-order valence-electron chi connectivity index (χ4n) is 2.17. The Labute approximate surface area is 140 Å². The molecule has 0 radical (unpaired) electrons. The summed E-state index contributed by atoms with van der Waals surface area (Å²) >= 11 is 0. The summed E-state index contributed by atoms with van der Waals surface area (Å²) in [4.78, 5) is 8.72. The van der Waals surface area contributed by atoms with Gasteiger partial charge in [-0.05, 0) is 30.7 Å². The van der Waals surface area contributed by atoms with E-state index in [1.165, 1.54) is 0 Å². The number of pyridine rings is 1. The average molecular weight is 322 g/mol. The molecule has 1 N–H and O–H groups in total. The maximum Gasteiger partial charge on any atom is 0.226 e. The lowest BCUT2D eigenvalue weighted by Crippen LogP contribution is -1.99. The molecule has 0 atom stereocenters. The van der Waals surface area contributed by atoms with Crippen molar-refractivity contribution >= 4 is 6.08 Å². The van der Waals surface area contributed by atoms with Crippen molar-refractivity contribution in [2.75, 3.05) is 6.61 Å². The van der Waals surface area contributed by atoms with Crippen molar-refractivity contribution in [3.05, 3.63) is 71.8 Å². The minimum absolute atomic E-state index is 0.00738. The molecule has 3 aromatic rings. The van der Waals surface area contributed by atoms with Gasteiger partial charge in [-0.1, -0.05) is 30.4 Å². The summed E-state index contributed by atoms with van der Waals surface area (Å²) < 4.78 is 11.4. The minimum atomic E-state index is 0.00738. The third kappa shape index (κ3) is 3.88. The topological polar surface area (TPSA) is 68.4 Å². The van der Waals surface area contributed by atoms with Gasteiger partial charge >= 0.3 is 0 Å². The number of hydrogen-bond acceptors (Lipinski definition) is 5. The molecule has 0 fully saturated rings. The molecule has 3 rings (SSSR count). The second kappa shape index (κ2) is 7.57. The zero-order valence-electron chi connectivity index (χ0n) is 13.3. The Morgan fingerprint density at radius 3 is 2.71 bits per heavy atom. The van der Waals surface area contributed by atoms with Crippen LogP contribution in [0.3, 0.4) is 0 Å². The minimum Gasteiger partial charge on any atom is -0.471 e. The highest BCUT2D eigenvalue weighted by Gasteiger charge is 2.12. The number of aryl methyl sites for hydroxylation is 1. The molecular formula is C19H18N2O3. The quantitative estimate of drug-likeness (QED) is 0.750. The first-order chi connectivity index (χ1) is 11.8. The molecule has 0 spiro atoms. The molecule has 0 saturated carbocycles. The van der Waals surface area contributed by atoms with Crippen LogP contribution in [0.4, 0.5) is 0 Å². The second-order valence-electron chi connectivity index (χ2n) is 5.19. The van der Waals surface area contributed by atoms with Gasteiger partial charge in [0, 0.05) is 17.8 Å². The normalized spacial score (nSPS) is 11.1. The van der Waals surface area contributed by atoms with Gasteiger partial charge in [-0.2, -0.15) is 0 Å². The van der Waals surface area contributed by atoms with Gasteiger partial charge in [0.15, 0.2) is 0 Å². The van der Waals surface area contributed by atoms with Crippen molar-refractivity contribution in [1.82, 2.24) is 9.97 Å².